The zero-order valence-electron chi connectivity index (χ0n) is 15.0. The standard InChI is InChI=1S/C21H28N2O/c1-16-6-4-5-7-21(16)17(2)22-18-12-14-23(15-13-18)19-8-10-20(24-3)11-9-19/h4-11,17-18,22H,12-15H2,1-3H3. The van der Waals surface area contributed by atoms with Crippen molar-refractivity contribution < 1.29 is 4.74 Å². The van der Waals surface area contributed by atoms with Gasteiger partial charge in [-0.3, -0.25) is 0 Å². The molecular weight excluding hydrogens is 296 g/mol. The van der Waals surface area contributed by atoms with Gasteiger partial charge in [-0.05, 0) is 62.1 Å². The third-order valence-corrected chi connectivity index (χ3v) is 5.07. The van der Waals surface area contributed by atoms with E-state index in [-0.39, 0.29) is 0 Å². The lowest BCUT2D eigenvalue weighted by Gasteiger charge is -2.35. The fraction of sp³-hybridized carbons (Fsp3) is 0.429. The van der Waals surface area contributed by atoms with Gasteiger partial charge in [0.15, 0.2) is 0 Å². The lowest BCUT2D eigenvalue weighted by atomic mass is 9.99. The van der Waals surface area contributed by atoms with Gasteiger partial charge in [-0.1, -0.05) is 24.3 Å². The molecule has 0 aromatic heterocycles. The third kappa shape index (κ3) is 3.90. The number of hydrogen-bond donors (Lipinski definition) is 1. The van der Waals surface area contributed by atoms with E-state index in [0.29, 0.717) is 12.1 Å². The topological polar surface area (TPSA) is 24.5 Å². The van der Waals surface area contributed by atoms with Crippen LogP contribution in [0.2, 0.25) is 0 Å². The van der Waals surface area contributed by atoms with Crippen LogP contribution in [-0.2, 0) is 0 Å². The first-order valence-corrected chi connectivity index (χ1v) is 8.88. The number of rotatable bonds is 5. The summed E-state index contributed by atoms with van der Waals surface area (Å²) in [5.74, 6) is 0.919. The third-order valence-electron chi connectivity index (χ3n) is 5.07. The molecule has 3 rings (SSSR count). The van der Waals surface area contributed by atoms with Gasteiger partial charge >= 0.3 is 0 Å². The number of ether oxygens (including phenoxy) is 1. The summed E-state index contributed by atoms with van der Waals surface area (Å²) in [4.78, 5) is 2.47. The summed E-state index contributed by atoms with van der Waals surface area (Å²) in [7, 11) is 1.71. The minimum absolute atomic E-state index is 0.406. The second kappa shape index (κ2) is 7.71. The molecule has 0 bridgehead atoms. The second-order valence-corrected chi connectivity index (χ2v) is 6.70. The van der Waals surface area contributed by atoms with Crippen LogP contribution in [-0.4, -0.2) is 26.2 Å². The number of nitrogens with zero attached hydrogens (tertiary/aromatic N) is 1. The molecule has 1 aliphatic heterocycles. The van der Waals surface area contributed by atoms with E-state index < -0.39 is 0 Å². The van der Waals surface area contributed by atoms with Gasteiger partial charge < -0.3 is 15.0 Å². The van der Waals surface area contributed by atoms with Crippen molar-refractivity contribution in [2.24, 2.45) is 0 Å². The zero-order chi connectivity index (χ0) is 16.9. The summed E-state index contributed by atoms with van der Waals surface area (Å²) < 4.78 is 5.24. The minimum atomic E-state index is 0.406. The smallest absolute Gasteiger partial charge is 0.119 e. The molecule has 0 radical (unpaired) electrons. The molecule has 1 unspecified atom stereocenters. The molecule has 1 heterocycles. The van der Waals surface area contributed by atoms with E-state index in [4.69, 9.17) is 4.74 Å². The van der Waals surface area contributed by atoms with Crippen LogP contribution in [0, 0.1) is 6.92 Å². The van der Waals surface area contributed by atoms with Crippen LogP contribution in [0.3, 0.4) is 0 Å². The Balaban J connectivity index is 1.54. The SMILES string of the molecule is COc1ccc(N2CCC(NC(C)c3ccccc3C)CC2)cc1. The number of benzene rings is 2. The van der Waals surface area contributed by atoms with Gasteiger partial charge in [0, 0.05) is 30.9 Å². The largest absolute Gasteiger partial charge is 0.497 e. The van der Waals surface area contributed by atoms with E-state index in [1.807, 2.05) is 12.1 Å². The number of piperidine rings is 1. The van der Waals surface area contributed by atoms with Gasteiger partial charge in [0.25, 0.3) is 0 Å². The Morgan fingerprint density at radius 3 is 2.33 bits per heavy atom. The highest BCUT2D eigenvalue weighted by Crippen LogP contribution is 2.24. The van der Waals surface area contributed by atoms with Gasteiger partial charge in [-0.2, -0.15) is 0 Å². The first kappa shape index (κ1) is 16.8. The van der Waals surface area contributed by atoms with Gasteiger partial charge in [0.2, 0.25) is 0 Å². The van der Waals surface area contributed by atoms with Crippen molar-refractivity contribution in [3.8, 4) is 5.75 Å². The second-order valence-electron chi connectivity index (χ2n) is 6.70. The number of nitrogens with one attached hydrogen (secondary N) is 1. The lowest BCUT2D eigenvalue weighted by molar-refractivity contribution is 0.380. The van der Waals surface area contributed by atoms with E-state index in [2.05, 4.69) is 60.5 Å². The lowest BCUT2D eigenvalue weighted by Crippen LogP contribution is -2.43. The molecule has 1 fully saturated rings. The van der Waals surface area contributed by atoms with Gasteiger partial charge in [-0.15, -0.1) is 0 Å². The van der Waals surface area contributed by atoms with E-state index >= 15 is 0 Å². The zero-order valence-corrected chi connectivity index (χ0v) is 15.0. The Kier molecular flexibility index (Phi) is 5.41. The number of anilines is 1. The van der Waals surface area contributed by atoms with Crippen LogP contribution in [0.4, 0.5) is 5.69 Å². The van der Waals surface area contributed by atoms with E-state index in [1.54, 1.807) is 7.11 Å². The maximum atomic E-state index is 5.24. The first-order valence-electron chi connectivity index (χ1n) is 8.88. The summed E-state index contributed by atoms with van der Waals surface area (Å²) in [6, 6.07) is 18.1. The molecule has 1 aliphatic rings. The normalized spacial score (nSPS) is 16.9. The average molecular weight is 324 g/mol. The van der Waals surface area contributed by atoms with Crippen LogP contribution < -0.4 is 15.0 Å². The molecule has 128 valence electrons. The van der Waals surface area contributed by atoms with Crippen molar-refractivity contribution in [2.45, 2.75) is 38.8 Å². The van der Waals surface area contributed by atoms with Crippen molar-refractivity contribution >= 4 is 5.69 Å². The van der Waals surface area contributed by atoms with Crippen molar-refractivity contribution in [2.75, 3.05) is 25.1 Å². The van der Waals surface area contributed by atoms with Gasteiger partial charge in [0.05, 0.1) is 7.11 Å². The Morgan fingerprint density at radius 1 is 1.04 bits per heavy atom. The number of aryl methyl sites for hydroxylation is 1. The van der Waals surface area contributed by atoms with Crippen LogP contribution in [0.15, 0.2) is 48.5 Å². The molecule has 2 aromatic carbocycles. The predicted octanol–water partition coefficient (Wildman–Crippen LogP) is 4.32. The van der Waals surface area contributed by atoms with Gasteiger partial charge in [0.1, 0.15) is 5.75 Å². The molecule has 2 aromatic rings. The Morgan fingerprint density at radius 2 is 1.71 bits per heavy atom. The Bertz CT molecular complexity index is 645. The summed E-state index contributed by atoms with van der Waals surface area (Å²) in [6.45, 7) is 6.67. The number of hydrogen-bond acceptors (Lipinski definition) is 3. The monoisotopic (exact) mass is 324 g/mol. The maximum absolute atomic E-state index is 5.24. The molecule has 1 atom stereocenters. The van der Waals surface area contributed by atoms with E-state index in [9.17, 15) is 0 Å². The van der Waals surface area contributed by atoms with Crippen LogP contribution in [0.5, 0.6) is 5.75 Å². The van der Waals surface area contributed by atoms with E-state index in [0.717, 1.165) is 18.8 Å². The fourth-order valence-corrected chi connectivity index (χ4v) is 3.61. The van der Waals surface area contributed by atoms with Crippen LogP contribution in [0.1, 0.15) is 36.9 Å². The fourth-order valence-electron chi connectivity index (χ4n) is 3.61. The molecule has 1 saturated heterocycles. The molecule has 0 spiro atoms. The van der Waals surface area contributed by atoms with Crippen molar-refractivity contribution in [3.63, 3.8) is 0 Å². The molecule has 0 amide bonds. The number of methoxy groups -OCH3 is 1. The molecule has 0 aliphatic carbocycles. The molecule has 3 nitrogen and oxygen atoms in total. The predicted molar refractivity (Wildman–Crippen MR) is 101 cm³/mol. The van der Waals surface area contributed by atoms with Crippen molar-refractivity contribution in [3.05, 3.63) is 59.7 Å². The van der Waals surface area contributed by atoms with Gasteiger partial charge in [-0.25, -0.2) is 0 Å². The summed E-state index contributed by atoms with van der Waals surface area (Å²) in [6.07, 6.45) is 2.37. The van der Waals surface area contributed by atoms with Crippen molar-refractivity contribution in [1.82, 2.24) is 5.32 Å². The highest BCUT2D eigenvalue weighted by atomic mass is 16.5. The average Bonchev–Trinajstić information content (AvgIpc) is 2.63. The highest BCUT2D eigenvalue weighted by molar-refractivity contribution is 5.49. The molecule has 24 heavy (non-hydrogen) atoms. The van der Waals surface area contributed by atoms with E-state index in [1.165, 1.54) is 29.7 Å². The molecule has 3 heteroatoms. The Hall–Kier alpha value is -2.00. The maximum Gasteiger partial charge on any atom is 0.119 e. The minimum Gasteiger partial charge on any atom is -0.497 e. The highest BCUT2D eigenvalue weighted by Gasteiger charge is 2.21. The van der Waals surface area contributed by atoms with Crippen LogP contribution in [0.25, 0.3) is 0 Å². The first-order chi connectivity index (χ1) is 11.7. The van der Waals surface area contributed by atoms with Crippen LogP contribution >= 0.6 is 0 Å². The summed E-state index contributed by atoms with van der Waals surface area (Å²) in [5.41, 5.74) is 4.07. The quantitative estimate of drug-likeness (QED) is 0.886. The Labute approximate surface area is 145 Å². The summed E-state index contributed by atoms with van der Waals surface area (Å²) >= 11 is 0. The summed E-state index contributed by atoms with van der Waals surface area (Å²) in [5, 5.41) is 3.82. The molecule has 0 saturated carbocycles. The van der Waals surface area contributed by atoms with Crippen molar-refractivity contribution in [1.29, 1.82) is 0 Å². The molecular formula is C21H28N2O. The molecule has 1 N–H and O–H groups in total.